The van der Waals surface area contributed by atoms with Crippen molar-refractivity contribution in [1.29, 1.82) is 0 Å². The number of ether oxygens (including phenoxy) is 2. The molecular weight excluding hydrogens is 721 g/mol. The van der Waals surface area contributed by atoms with Gasteiger partial charge in [0.05, 0.1) is 48.0 Å². The van der Waals surface area contributed by atoms with Gasteiger partial charge in [0.15, 0.2) is 20.5 Å². The zero-order valence-electron chi connectivity index (χ0n) is 30.8. The SMILES string of the molecule is C[C@H]1[C@H]([Si](C)(C)O)[C@@H](CC(=O)N2Cc3ccccc3C[C@H]2CO)O[C@]12C(=O)N(Cc1ccc(N3C(=O)COc4ccccc43)cc1)c1ccc([N+](=O)[O-])cc12. The number of hydrogen-bond donors (Lipinski definition) is 2. The van der Waals surface area contributed by atoms with Gasteiger partial charge in [-0.05, 0) is 66.5 Å². The summed E-state index contributed by atoms with van der Waals surface area (Å²) in [6, 6.07) is 26.2. The molecule has 14 heteroatoms. The van der Waals surface area contributed by atoms with E-state index in [0.29, 0.717) is 41.3 Å². The summed E-state index contributed by atoms with van der Waals surface area (Å²) in [6.45, 7) is 5.42. The number of nitro groups is 1. The highest BCUT2D eigenvalue weighted by molar-refractivity contribution is 6.71. The third-order valence-corrected chi connectivity index (χ3v) is 14.2. The first-order chi connectivity index (χ1) is 26.3. The minimum absolute atomic E-state index is 0.0922. The second-order valence-electron chi connectivity index (χ2n) is 15.4. The number of carbonyl (C=O) groups excluding carboxylic acids is 3. The molecule has 0 radical (unpaired) electrons. The fourth-order valence-corrected chi connectivity index (χ4v) is 11.7. The molecular formula is C41H42N4O9Si. The summed E-state index contributed by atoms with van der Waals surface area (Å²) in [5.41, 5.74) is 2.31. The lowest BCUT2D eigenvalue weighted by molar-refractivity contribution is -0.385. The van der Waals surface area contributed by atoms with Crippen LogP contribution in [0.2, 0.25) is 18.6 Å². The lowest BCUT2D eigenvalue weighted by atomic mass is 9.82. The van der Waals surface area contributed by atoms with Gasteiger partial charge in [-0.25, -0.2) is 0 Å². The van der Waals surface area contributed by atoms with Crippen LogP contribution in [0.25, 0.3) is 0 Å². The number of anilines is 3. The number of hydrogen-bond acceptors (Lipinski definition) is 9. The smallest absolute Gasteiger partial charge is 0.269 e. The first-order valence-corrected chi connectivity index (χ1v) is 21.5. The molecule has 4 heterocycles. The van der Waals surface area contributed by atoms with Crippen molar-refractivity contribution in [1.82, 2.24) is 4.90 Å². The van der Waals surface area contributed by atoms with Crippen LogP contribution < -0.4 is 14.5 Å². The summed E-state index contributed by atoms with van der Waals surface area (Å²) >= 11 is 0. The van der Waals surface area contributed by atoms with Gasteiger partial charge >= 0.3 is 0 Å². The Balaban J connectivity index is 1.12. The molecule has 4 aromatic rings. The molecule has 0 saturated carbocycles. The van der Waals surface area contributed by atoms with Crippen LogP contribution in [0, 0.1) is 16.0 Å². The number of carbonyl (C=O) groups is 3. The number of fused-ring (bicyclic) bond motifs is 4. The highest BCUT2D eigenvalue weighted by Crippen LogP contribution is 2.60. The fourth-order valence-electron chi connectivity index (χ4n) is 9.19. The van der Waals surface area contributed by atoms with Gasteiger partial charge in [0, 0.05) is 41.4 Å². The Bertz CT molecular complexity index is 2210. The van der Waals surface area contributed by atoms with E-state index in [1.165, 1.54) is 12.1 Å². The Morgan fingerprint density at radius 1 is 0.982 bits per heavy atom. The average Bonchev–Trinajstić information content (AvgIpc) is 3.60. The highest BCUT2D eigenvalue weighted by atomic mass is 28.4. The molecule has 3 amide bonds. The number of nitrogens with zero attached hydrogens (tertiary/aromatic N) is 4. The second-order valence-corrected chi connectivity index (χ2v) is 19.4. The molecule has 4 aromatic carbocycles. The standard InChI is InChI=1S/C41H42N4O9Si/c1-25-39(55(2,3)52)36(20-37(47)42-22-28-9-5-4-8-27(28)18-31(42)23-46)54-41(25)32-19-30(45(50)51)16-17-33(32)43(40(41)49)21-26-12-14-29(15-13-26)44-34-10-6-7-11-35(34)53-24-38(44)48/h4-17,19,25,31,36,39,46,52H,18,20-24H2,1-3H3/t25-,31-,36+,39-,41+/m0/s1. The van der Waals surface area contributed by atoms with Gasteiger partial charge in [0.1, 0.15) is 5.75 Å². The van der Waals surface area contributed by atoms with Crippen molar-refractivity contribution in [3.63, 3.8) is 0 Å². The summed E-state index contributed by atoms with van der Waals surface area (Å²) in [5.74, 6) is -0.983. The van der Waals surface area contributed by atoms with Crippen LogP contribution in [-0.2, 0) is 44.2 Å². The first-order valence-electron chi connectivity index (χ1n) is 18.4. The Kier molecular flexibility index (Phi) is 9.11. The number of rotatable bonds is 8. The molecule has 2 N–H and O–H groups in total. The summed E-state index contributed by atoms with van der Waals surface area (Å²) in [4.78, 5) is 70.2. The number of aliphatic hydroxyl groups is 1. The zero-order chi connectivity index (χ0) is 38.8. The van der Waals surface area contributed by atoms with Crippen LogP contribution in [0.5, 0.6) is 5.75 Å². The summed E-state index contributed by atoms with van der Waals surface area (Å²) < 4.78 is 12.4. The van der Waals surface area contributed by atoms with Gasteiger partial charge in [0.25, 0.3) is 17.5 Å². The van der Waals surface area contributed by atoms with Crippen molar-refractivity contribution in [2.45, 2.75) is 69.2 Å². The molecule has 284 valence electrons. The van der Waals surface area contributed by atoms with Crippen LogP contribution in [0.4, 0.5) is 22.7 Å². The van der Waals surface area contributed by atoms with Crippen LogP contribution in [0.1, 0.15) is 35.6 Å². The average molecular weight is 763 g/mol. The monoisotopic (exact) mass is 762 g/mol. The third-order valence-electron chi connectivity index (χ3n) is 11.7. The lowest BCUT2D eigenvalue weighted by Gasteiger charge is -2.37. The maximum Gasteiger partial charge on any atom is 0.269 e. The molecule has 0 aromatic heterocycles. The van der Waals surface area contributed by atoms with Gasteiger partial charge < -0.3 is 29.2 Å². The molecule has 5 atom stereocenters. The van der Waals surface area contributed by atoms with Gasteiger partial charge in [0.2, 0.25) is 5.91 Å². The Labute approximate surface area is 319 Å². The first kappa shape index (κ1) is 36.6. The quantitative estimate of drug-likeness (QED) is 0.137. The van der Waals surface area contributed by atoms with E-state index in [2.05, 4.69) is 0 Å². The van der Waals surface area contributed by atoms with Crippen molar-refractivity contribution in [2.75, 3.05) is 23.0 Å². The van der Waals surface area contributed by atoms with E-state index in [0.717, 1.165) is 16.7 Å². The molecule has 0 aliphatic carbocycles. The van der Waals surface area contributed by atoms with Crippen LogP contribution >= 0.6 is 0 Å². The molecule has 4 aliphatic heterocycles. The Hall–Kier alpha value is -5.41. The van der Waals surface area contributed by atoms with E-state index in [1.54, 1.807) is 52.1 Å². The molecule has 1 fully saturated rings. The molecule has 13 nitrogen and oxygen atoms in total. The molecule has 4 aliphatic rings. The van der Waals surface area contributed by atoms with Crippen molar-refractivity contribution in [3.8, 4) is 5.75 Å². The van der Waals surface area contributed by atoms with Crippen molar-refractivity contribution >= 4 is 48.8 Å². The summed E-state index contributed by atoms with van der Waals surface area (Å²) in [7, 11) is -3.17. The number of non-ortho nitro benzene ring substituents is 1. The summed E-state index contributed by atoms with van der Waals surface area (Å²) in [5, 5.41) is 22.4. The number of benzene rings is 4. The van der Waals surface area contributed by atoms with Crippen LogP contribution in [0.3, 0.4) is 0 Å². The van der Waals surface area contributed by atoms with E-state index in [4.69, 9.17) is 9.47 Å². The largest absolute Gasteiger partial charge is 0.482 e. The lowest BCUT2D eigenvalue weighted by Crippen LogP contribution is -2.48. The molecule has 55 heavy (non-hydrogen) atoms. The van der Waals surface area contributed by atoms with Crippen molar-refractivity contribution in [3.05, 3.63) is 123 Å². The van der Waals surface area contributed by atoms with Crippen molar-refractivity contribution < 1.29 is 38.7 Å². The Morgan fingerprint density at radius 3 is 2.40 bits per heavy atom. The van der Waals surface area contributed by atoms with Gasteiger partial charge in [-0.2, -0.15) is 0 Å². The summed E-state index contributed by atoms with van der Waals surface area (Å²) in [6.07, 6.45) is -0.528. The molecule has 1 saturated heterocycles. The van der Waals surface area contributed by atoms with Gasteiger partial charge in [-0.3, -0.25) is 29.4 Å². The van der Waals surface area contributed by atoms with E-state index in [1.807, 2.05) is 61.5 Å². The van der Waals surface area contributed by atoms with Crippen LogP contribution in [0.15, 0.2) is 91.0 Å². The highest BCUT2D eigenvalue weighted by Gasteiger charge is 2.67. The van der Waals surface area contributed by atoms with E-state index < -0.39 is 48.4 Å². The number of nitro benzene ring substituents is 1. The number of para-hydroxylation sites is 2. The molecule has 0 bridgehead atoms. The third kappa shape index (κ3) is 6.09. The minimum Gasteiger partial charge on any atom is -0.482 e. The predicted molar refractivity (Wildman–Crippen MR) is 205 cm³/mol. The topological polar surface area (TPSA) is 163 Å². The van der Waals surface area contributed by atoms with Crippen molar-refractivity contribution in [2.24, 2.45) is 5.92 Å². The number of aliphatic hydroxyl groups excluding tert-OH is 1. The Morgan fingerprint density at radius 2 is 1.69 bits per heavy atom. The van der Waals surface area contributed by atoms with E-state index >= 15 is 0 Å². The maximum absolute atomic E-state index is 15.0. The van der Waals surface area contributed by atoms with Gasteiger partial charge in [-0.1, -0.05) is 55.5 Å². The van der Waals surface area contributed by atoms with Gasteiger partial charge in [-0.15, -0.1) is 0 Å². The van der Waals surface area contributed by atoms with Crippen LogP contribution in [-0.4, -0.2) is 71.1 Å². The molecule has 8 rings (SSSR count). The predicted octanol–water partition coefficient (Wildman–Crippen LogP) is 5.33. The second kappa shape index (κ2) is 13.7. The normalized spacial score (nSPS) is 24.4. The van der Waals surface area contributed by atoms with E-state index in [9.17, 15) is 34.4 Å². The number of amides is 3. The molecule has 0 unspecified atom stereocenters. The van der Waals surface area contributed by atoms with E-state index in [-0.39, 0.29) is 43.7 Å². The molecule has 1 spiro atoms. The zero-order valence-corrected chi connectivity index (χ0v) is 31.8. The fraction of sp³-hybridized carbons (Fsp3) is 0.341. The minimum atomic E-state index is -3.17. The maximum atomic E-state index is 15.0.